The summed E-state index contributed by atoms with van der Waals surface area (Å²) in [6.07, 6.45) is 7.12. The molecule has 1 heterocycles. The minimum atomic E-state index is -0.557. The number of ether oxygens (including phenoxy) is 1. The zero-order valence-electron chi connectivity index (χ0n) is 10.6. The molecule has 0 spiro atoms. The van der Waals surface area contributed by atoms with Gasteiger partial charge >= 0.3 is 0 Å². The molecule has 1 fully saturated rings. The van der Waals surface area contributed by atoms with Crippen LogP contribution in [0.2, 0.25) is 0 Å². The van der Waals surface area contributed by atoms with Crippen LogP contribution in [0.5, 0.6) is 0 Å². The summed E-state index contributed by atoms with van der Waals surface area (Å²) in [4.78, 5) is 4.11. The molecular weight excluding hydrogens is 214 g/mol. The molecule has 1 aliphatic carbocycles. The number of rotatable bonds is 4. The van der Waals surface area contributed by atoms with E-state index in [0.29, 0.717) is 6.61 Å². The van der Waals surface area contributed by atoms with E-state index in [1.807, 2.05) is 19.9 Å². The predicted octanol–water partition coefficient (Wildman–Crippen LogP) is 2.77. The summed E-state index contributed by atoms with van der Waals surface area (Å²) in [5, 5.41) is 10.6. The second-order valence-corrected chi connectivity index (χ2v) is 4.84. The Morgan fingerprint density at radius 3 is 2.76 bits per heavy atom. The largest absolute Gasteiger partial charge is 0.385 e. The van der Waals surface area contributed by atoms with Crippen molar-refractivity contribution in [2.75, 3.05) is 6.61 Å². The van der Waals surface area contributed by atoms with Crippen LogP contribution in [-0.2, 0) is 4.74 Å². The molecule has 2 rings (SSSR count). The number of aliphatic hydroxyl groups is 1. The Hall–Kier alpha value is -0.930. The van der Waals surface area contributed by atoms with Crippen molar-refractivity contribution in [2.24, 2.45) is 0 Å². The van der Waals surface area contributed by atoms with Gasteiger partial charge < -0.3 is 9.84 Å². The van der Waals surface area contributed by atoms with Crippen LogP contribution in [0.1, 0.15) is 49.8 Å². The molecule has 17 heavy (non-hydrogen) atoms. The number of aryl methyl sites for hydroxylation is 1. The highest BCUT2D eigenvalue weighted by molar-refractivity contribution is 5.26. The SMILES string of the molecule is CCOC1(C(O)c2cnccc2C)CCCC1. The average molecular weight is 235 g/mol. The van der Waals surface area contributed by atoms with Crippen molar-refractivity contribution in [1.29, 1.82) is 0 Å². The first-order valence-corrected chi connectivity index (χ1v) is 6.42. The molecule has 1 saturated carbocycles. The van der Waals surface area contributed by atoms with E-state index in [-0.39, 0.29) is 5.60 Å². The Balaban J connectivity index is 2.28. The second-order valence-electron chi connectivity index (χ2n) is 4.84. The molecule has 0 aliphatic heterocycles. The second kappa shape index (κ2) is 5.15. The molecule has 0 amide bonds. The molecule has 1 atom stereocenters. The minimum Gasteiger partial charge on any atom is -0.385 e. The highest BCUT2D eigenvalue weighted by Gasteiger charge is 2.42. The van der Waals surface area contributed by atoms with Gasteiger partial charge in [-0.2, -0.15) is 0 Å². The van der Waals surface area contributed by atoms with Gasteiger partial charge in [0.25, 0.3) is 0 Å². The van der Waals surface area contributed by atoms with E-state index in [1.54, 1.807) is 12.4 Å². The topological polar surface area (TPSA) is 42.4 Å². The van der Waals surface area contributed by atoms with Crippen molar-refractivity contribution in [2.45, 2.75) is 51.2 Å². The fraction of sp³-hybridized carbons (Fsp3) is 0.643. The van der Waals surface area contributed by atoms with Crippen molar-refractivity contribution < 1.29 is 9.84 Å². The highest BCUT2D eigenvalue weighted by atomic mass is 16.5. The maximum Gasteiger partial charge on any atom is 0.110 e. The number of aromatic nitrogens is 1. The van der Waals surface area contributed by atoms with Crippen molar-refractivity contribution in [3.8, 4) is 0 Å². The van der Waals surface area contributed by atoms with Gasteiger partial charge in [-0.05, 0) is 38.3 Å². The summed E-state index contributed by atoms with van der Waals surface area (Å²) >= 11 is 0. The molecule has 0 bridgehead atoms. The molecule has 0 aromatic carbocycles. The van der Waals surface area contributed by atoms with Crippen LogP contribution < -0.4 is 0 Å². The molecule has 1 aromatic rings. The molecule has 94 valence electrons. The zero-order valence-corrected chi connectivity index (χ0v) is 10.6. The number of pyridine rings is 1. The Morgan fingerprint density at radius 2 is 2.18 bits per heavy atom. The van der Waals surface area contributed by atoms with Gasteiger partial charge in [0, 0.05) is 24.6 Å². The number of aliphatic hydroxyl groups excluding tert-OH is 1. The Kier molecular flexibility index (Phi) is 3.79. The predicted molar refractivity (Wildman–Crippen MR) is 66.8 cm³/mol. The van der Waals surface area contributed by atoms with Gasteiger partial charge in [0.1, 0.15) is 6.10 Å². The van der Waals surface area contributed by atoms with Crippen LogP contribution >= 0.6 is 0 Å². The third-order valence-electron chi connectivity index (χ3n) is 3.75. The lowest BCUT2D eigenvalue weighted by atomic mass is 9.88. The fourth-order valence-corrected chi connectivity index (χ4v) is 2.80. The normalized spacial score (nSPS) is 20.4. The van der Waals surface area contributed by atoms with Crippen molar-refractivity contribution >= 4 is 0 Å². The summed E-state index contributed by atoms with van der Waals surface area (Å²) in [5.41, 5.74) is 1.60. The molecule has 1 aliphatic rings. The lowest BCUT2D eigenvalue weighted by Crippen LogP contribution is -2.37. The smallest absolute Gasteiger partial charge is 0.110 e. The van der Waals surface area contributed by atoms with Gasteiger partial charge in [0.15, 0.2) is 0 Å². The van der Waals surface area contributed by atoms with E-state index in [1.165, 1.54) is 0 Å². The zero-order chi connectivity index (χ0) is 12.3. The van der Waals surface area contributed by atoms with Crippen molar-refractivity contribution in [3.63, 3.8) is 0 Å². The van der Waals surface area contributed by atoms with Crippen LogP contribution in [-0.4, -0.2) is 22.3 Å². The highest BCUT2D eigenvalue weighted by Crippen LogP contribution is 2.43. The number of hydrogen-bond donors (Lipinski definition) is 1. The van der Waals surface area contributed by atoms with Gasteiger partial charge in [-0.1, -0.05) is 12.8 Å². The van der Waals surface area contributed by atoms with E-state index in [9.17, 15) is 5.11 Å². The Labute approximate surface area is 103 Å². The van der Waals surface area contributed by atoms with E-state index >= 15 is 0 Å². The average Bonchev–Trinajstić information content (AvgIpc) is 2.79. The molecule has 0 radical (unpaired) electrons. The third-order valence-corrected chi connectivity index (χ3v) is 3.75. The lowest BCUT2D eigenvalue weighted by Gasteiger charge is -2.34. The van der Waals surface area contributed by atoms with Crippen LogP contribution in [0.3, 0.4) is 0 Å². The first-order valence-electron chi connectivity index (χ1n) is 6.42. The van der Waals surface area contributed by atoms with Gasteiger partial charge in [-0.15, -0.1) is 0 Å². The maximum absolute atomic E-state index is 10.6. The fourth-order valence-electron chi connectivity index (χ4n) is 2.80. The molecule has 3 heteroatoms. The summed E-state index contributed by atoms with van der Waals surface area (Å²) in [6, 6.07) is 1.94. The summed E-state index contributed by atoms with van der Waals surface area (Å²) in [5.74, 6) is 0. The van der Waals surface area contributed by atoms with Gasteiger partial charge in [-0.25, -0.2) is 0 Å². The van der Waals surface area contributed by atoms with Crippen molar-refractivity contribution in [3.05, 3.63) is 29.6 Å². The molecule has 1 aromatic heterocycles. The van der Waals surface area contributed by atoms with Crippen LogP contribution in [0.4, 0.5) is 0 Å². The Morgan fingerprint density at radius 1 is 1.47 bits per heavy atom. The summed E-state index contributed by atoms with van der Waals surface area (Å²) < 4.78 is 5.88. The number of hydrogen-bond acceptors (Lipinski definition) is 3. The summed E-state index contributed by atoms with van der Waals surface area (Å²) in [7, 11) is 0. The lowest BCUT2D eigenvalue weighted by molar-refractivity contribution is -0.118. The van der Waals surface area contributed by atoms with Crippen LogP contribution in [0, 0.1) is 6.92 Å². The maximum atomic E-state index is 10.6. The van der Waals surface area contributed by atoms with E-state index < -0.39 is 6.10 Å². The van der Waals surface area contributed by atoms with E-state index in [4.69, 9.17) is 4.74 Å². The van der Waals surface area contributed by atoms with Crippen LogP contribution in [0.15, 0.2) is 18.5 Å². The standard InChI is InChI=1S/C14H21NO2/c1-3-17-14(7-4-5-8-14)13(16)12-10-15-9-6-11(12)2/h6,9-10,13,16H,3-5,7-8H2,1-2H3. The van der Waals surface area contributed by atoms with E-state index in [2.05, 4.69) is 4.98 Å². The van der Waals surface area contributed by atoms with Gasteiger partial charge in [0.2, 0.25) is 0 Å². The molecule has 1 N–H and O–H groups in total. The molecule has 1 unspecified atom stereocenters. The monoisotopic (exact) mass is 235 g/mol. The first-order chi connectivity index (χ1) is 8.19. The van der Waals surface area contributed by atoms with Crippen LogP contribution in [0.25, 0.3) is 0 Å². The molecule has 3 nitrogen and oxygen atoms in total. The van der Waals surface area contributed by atoms with Gasteiger partial charge in [0.05, 0.1) is 5.60 Å². The van der Waals surface area contributed by atoms with Crippen molar-refractivity contribution in [1.82, 2.24) is 4.98 Å². The molecule has 0 saturated heterocycles. The minimum absolute atomic E-state index is 0.386. The summed E-state index contributed by atoms with van der Waals surface area (Å²) in [6.45, 7) is 4.65. The first kappa shape index (κ1) is 12.5. The van der Waals surface area contributed by atoms with Gasteiger partial charge in [-0.3, -0.25) is 4.98 Å². The number of nitrogens with zero attached hydrogens (tertiary/aromatic N) is 1. The third kappa shape index (κ3) is 2.35. The molecular formula is C14H21NO2. The quantitative estimate of drug-likeness (QED) is 0.872. The van der Waals surface area contributed by atoms with E-state index in [0.717, 1.165) is 36.8 Å². The Bertz CT molecular complexity index is 372.